The number of nitrogens with one attached hydrogen (secondary N) is 2. The van der Waals surface area contributed by atoms with Crippen LogP contribution in [-0.4, -0.2) is 36.2 Å². The van der Waals surface area contributed by atoms with Crippen molar-refractivity contribution in [3.05, 3.63) is 60.2 Å². The van der Waals surface area contributed by atoms with Crippen LogP contribution in [-0.2, 0) is 9.53 Å². The van der Waals surface area contributed by atoms with Gasteiger partial charge in [0.2, 0.25) is 5.91 Å². The number of hydrogen-bond acceptors (Lipinski definition) is 4. The van der Waals surface area contributed by atoms with Gasteiger partial charge in [-0.05, 0) is 86.1 Å². The smallest absolute Gasteiger partial charge is 0.407 e. The third kappa shape index (κ3) is 5.09. The molecule has 2 N–H and O–H groups in total. The van der Waals surface area contributed by atoms with E-state index in [1.807, 2.05) is 31.2 Å². The highest BCUT2D eigenvalue weighted by Crippen LogP contribution is 2.51. The normalized spacial score (nSPS) is 29.8. The first-order valence-corrected chi connectivity index (χ1v) is 12.6. The molecule has 6 nitrogen and oxygen atoms in total. The topological polar surface area (TPSA) is 80.3 Å². The van der Waals surface area contributed by atoms with Gasteiger partial charge in [-0.3, -0.25) is 9.78 Å². The maximum absolute atomic E-state index is 13.6. The molecule has 0 bridgehead atoms. The number of benzene rings is 1. The molecule has 1 aliphatic heterocycles. The minimum atomic E-state index is -0.341. The number of hydrogen-bond donors (Lipinski definition) is 2. The van der Waals surface area contributed by atoms with Crippen LogP contribution in [0.4, 0.5) is 9.18 Å². The molecule has 0 spiro atoms. The zero-order valence-electron chi connectivity index (χ0n) is 20.0. The Balaban J connectivity index is 1.32. The van der Waals surface area contributed by atoms with Crippen LogP contribution >= 0.6 is 0 Å². The summed E-state index contributed by atoms with van der Waals surface area (Å²) in [5.41, 5.74) is 2.48. The third-order valence-corrected chi connectivity index (χ3v) is 7.94. The number of ether oxygens (including phenoxy) is 1. The summed E-state index contributed by atoms with van der Waals surface area (Å²) in [6, 6.07) is 10.5. The quantitative estimate of drug-likeness (QED) is 0.648. The highest BCUT2D eigenvalue weighted by molar-refractivity contribution is 5.82. The number of amides is 2. The highest BCUT2D eigenvalue weighted by atomic mass is 19.1. The van der Waals surface area contributed by atoms with Crippen LogP contribution in [0.15, 0.2) is 48.7 Å². The second-order valence-electron chi connectivity index (χ2n) is 9.98. The standard InChI is InChI=1S/C28H32FN3O3/c1-2-35-28(34)32-23-9-10-24-19(14-23)12-20-16-31-27(33)26(20)25(24)11-8-22-7-6-18(15-30-22)17-4-3-5-21(29)13-17/h3-8,11,13,15,19-20,23-26H,2,9-10,12,14,16H2,1H3,(H,31,33)(H,32,34)/t19-,20+,23-,24-,25+,26-/m1/s1. The lowest BCUT2D eigenvalue weighted by Crippen LogP contribution is -2.47. The number of aromatic nitrogens is 1. The number of nitrogens with zero attached hydrogens (tertiary/aromatic N) is 1. The van der Waals surface area contributed by atoms with Gasteiger partial charge in [-0.2, -0.15) is 0 Å². The molecule has 2 aromatic rings. The van der Waals surface area contributed by atoms with E-state index < -0.39 is 0 Å². The first kappa shape index (κ1) is 23.5. The van der Waals surface area contributed by atoms with Gasteiger partial charge < -0.3 is 15.4 Å². The summed E-state index contributed by atoms with van der Waals surface area (Å²) in [7, 11) is 0. The first-order valence-electron chi connectivity index (χ1n) is 12.6. The van der Waals surface area contributed by atoms with E-state index >= 15 is 0 Å². The van der Waals surface area contributed by atoms with Crippen molar-refractivity contribution in [1.82, 2.24) is 15.6 Å². The molecule has 2 saturated carbocycles. The molecule has 5 rings (SSSR count). The number of pyridine rings is 1. The number of alkyl carbamates (subject to hydrolysis) is 1. The molecule has 184 valence electrons. The molecule has 35 heavy (non-hydrogen) atoms. The summed E-state index contributed by atoms with van der Waals surface area (Å²) in [6.07, 6.45) is 9.42. The molecule has 2 amide bonds. The lowest BCUT2D eigenvalue weighted by Gasteiger charge is -2.47. The summed E-state index contributed by atoms with van der Waals surface area (Å²) >= 11 is 0. The Morgan fingerprint density at radius 2 is 2.09 bits per heavy atom. The van der Waals surface area contributed by atoms with Crippen LogP contribution < -0.4 is 10.6 Å². The van der Waals surface area contributed by atoms with Crippen molar-refractivity contribution in [3.8, 4) is 11.1 Å². The van der Waals surface area contributed by atoms with Gasteiger partial charge in [0, 0.05) is 30.3 Å². The Kier molecular flexibility index (Phi) is 6.84. The monoisotopic (exact) mass is 477 g/mol. The second kappa shape index (κ2) is 10.2. The van der Waals surface area contributed by atoms with Gasteiger partial charge in [-0.15, -0.1) is 0 Å². The third-order valence-electron chi connectivity index (χ3n) is 7.94. The molecule has 3 fully saturated rings. The van der Waals surface area contributed by atoms with Gasteiger partial charge in [-0.25, -0.2) is 9.18 Å². The average molecular weight is 478 g/mol. The van der Waals surface area contributed by atoms with Crippen LogP contribution in [0.1, 0.15) is 38.3 Å². The number of allylic oxidation sites excluding steroid dienone is 1. The van der Waals surface area contributed by atoms with Crippen molar-refractivity contribution in [1.29, 1.82) is 0 Å². The number of fused-ring (bicyclic) bond motifs is 2. The van der Waals surface area contributed by atoms with Gasteiger partial charge in [0.05, 0.1) is 12.3 Å². The Hall–Kier alpha value is -3.22. The largest absolute Gasteiger partial charge is 0.450 e. The van der Waals surface area contributed by atoms with Gasteiger partial charge in [-0.1, -0.05) is 24.3 Å². The lowest BCUT2D eigenvalue weighted by molar-refractivity contribution is -0.126. The summed E-state index contributed by atoms with van der Waals surface area (Å²) in [5, 5.41) is 6.10. The van der Waals surface area contributed by atoms with E-state index in [9.17, 15) is 14.0 Å². The summed E-state index contributed by atoms with van der Waals surface area (Å²) in [4.78, 5) is 29.2. The van der Waals surface area contributed by atoms with Crippen molar-refractivity contribution < 1.29 is 18.7 Å². The van der Waals surface area contributed by atoms with E-state index in [0.29, 0.717) is 24.4 Å². The molecule has 2 aliphatic carbocycles. The van der Waals surface area contributed by atoms with E-state index in [0.717, 1.165) is 49.0 Å². The second-order valence-corrected chi connectivity index (χ2v) is 9.98. The van der Waals surface area contributed by atoms with Crippen LogP contribution in [0.3, 0.4) is 0 Å². The predicted molar refractivity (Wildman–Crippen MR) is 132 cm³/mol. The van der Waals surface area contributed by atoms with Gasteiger partial charge in [0.25, 0.3) is 0 Å². The minimum absolute atomic E-state index is 0.00590. The van der Waals surface area contributed by atoms with Crippen LogP contribution in [0.5, 0.6) is 0 Å². The zero-order valence-corrected chi connectivity index (χ0v) is 20.0. The first-order chi connectivity index (χ1) is 17.0. The molecule has 1 aromatic heterocycles. The van der Waals surface area contributed by atoms with Gasteiger partial charge >= 0.3 is 6.09 Å². The number of carbonyl (C=O) groups excluding carboxylic acids is 2. The number of halogens is 1. The number of rotatable bonds is 5. The Bertz CT molecular complexity index is 1100. The van der Waals surface area contributed by atoms with Crippen molar-refractivity contribution >= 4 is 18.1 Å². The van der Waals surface area contributed by atoms with Gasteiger partial charge in [0.15, 0.2) is 0 Å². The molecule has 6 atom stereocenters. The molecule has 1 aromatic carbocycles. The SMILES string of the molecule is CCOC(=O)N[C@@H]1CC[C@@H]2[C@@H](C1)C[C@H]1CNC(=O)[C@H]1[C@H]2C=Cc1ccc(-c2cccc(F)c2)cn1. The lowest BCUT2D eigenvalue weighted by atomic mass is 9.58. The molecule has 7 heteroatoms. The van der Waals surface area contributed by atoms with E-state index in [1.54, 1.807) is 12.3 Å². The summed E-state index contributed by atoms with van der Waals surface area (Å²) in [6.45, 7) is 2.91. The zero-order chi connectivity index (χ0) is 24.4. The van der Waals surface area contributed by atoms with Crippen molar-refractivity contribution in [2.24, 2.45) is 29.6 Å². The van der Waals surface area contributed by atoms with Crippen LogP contribution in [0.2, 0.25) is 0 Å². The van der Waals surface area contributed by atoms with E-state index in [1.165, 1.54) is 12.1 Å². The fourth-order valence-electron chi connectivity index (χ4n) is 6.42. The van der Waals surface area contributed by atoms with Crippen molar-refractivity contribution in [3.63, 3.8) is 0 Å². The fraction of sp³-hybridized carbons (Fsp3) is 0.464. The average Bonchev–Trinajstić information content (AvgIpc) is 3.22. The van der Waals surface area contributed by atoms with Crippen molar-refractivity contribution in [2.75, 3.05) is 13.2 Å². The predicted octanol–water partition coefficient (Wildman–Crippen LogP) is 4.81. The molecule has 3 aliphatic rings. The Morgan fingerprint density at radius 3 is 2.86 bits per heavy atom. The fourth-order valence-corrected chi connectivity index (χ4v) is 6.42. The summed E-state index contributed by atoms with van der Waals surface area (Å²) in [5.74, 6) is 1.22. The van der Waals surface area contributed by atoms with Crippen LogP contribution in [0, 0.1) is 35.4 Å². The van der Waals surface area contributed by atoms with E-state index in [-0.39, 0.29) is 35.7 Å². The molecule has 2 heterocycles. The molecular weight excluding hydrogens is 445 g/mol. The highest BCUT2D eigenvalue weighted by Gasteiger charge is 2.50. The molecule has 1 saturated heterocycles. The maximum Gasteiger partial charge on any atom is 0.407 e. The molecule has 0 radical (unpaired) electrons. The summed E-state index contributed by atoms with van der Waals surface area (Å²) < 4.78 is 18.6. The van der Waals surface area contributed by atoms with E-state index in [4.69, 9.17) is 4.74 Å². The van der Waals surface area contributed by atoms with E-state index in [2.05, 4.69) is 21.7 Å². The van der Waals surface area contributed by atoms with Gasteiger partial charge in [0.1, 0.15) is 5.82 Å². The molecular formula is C28H32FN3O3. The Labute approximate surface area is 205 Å². The Morgan fingerprint density at radius 1 is 1.20 bits per heavy atom. The van der Waals surface area contributed by atoms with Crippen molar-refractivity contribution in [2.45, 2.75) is 38.6 Å². The minimum Gasteiger partial charge on any atom is -0.450 e. The van der Waals surface area contributed by atoms with Crippen LogP contribution in [0.25, 0.3) is 17.2 Å². The number of carbonyl (C=O) groups is 2. The maximum atomic E-state index is 13.6. The molecule has 0 unspecified atom stereocenters.